The molecule has 2 N–H and O–H groups in total. The van der Waals surface area contributed by atoms with Gasteiger partial charge in [-0.05, 0) is 60.5 Å². The van der Waals surface area contributed by atoms with Gasteiger partial charge in [-0.2, -0.15) is 0 Å². The highest BCUT2D eigenvalue weighted by atomic mass is 32.2. The van der Waals surface area contributed by atoms with Crippen LogP contribution >= 0.6 is 11.8 Å². The average Bonchev–Trinajstić information content (AvgIpc) is 3.38. The molecule has 220 valence electrons. The van der Waals surface area contributed by atoms with E-state index >= 15 is 0 Å². The quantitative estimate of drug-likeness (QED) is 0.165. The summed E-state index contributed by atoms with van der Waals surface area (Å²) in [5.74, 6) is 0.944. The van der Waals surface area contributed by atoms with E-state index in [1.807, 2.05) is 110 Å². The van der Waals surface area contributed by atoms with Gasteiger partial charge in [-0.15, -0.1) is 0 Å². The summed E-state index contributed by atoms with van der Waals surface area (Å²) in [7, 11) is 0. The van der Waals surface area contributed by atoms with E-state index in [0.717, 1.165) is 26.5 Å². The van der Waals surface area contributed by atoms with Crippen LogP contribution in [0.15, 0.2) is 130 Å². The molecule has 1 aliphatic rings. The summed E-state index contributed by atoms with van der Waals surface area (Å²) in [6.45, 7) is 2.80. The maximum absolute atomic E-state index is 14.1. The predicted octanol–water partition coefficient (Wildman–Crippen LogP) is 6.92. The van der Waals surface area contributed by atoms with Gasteiger partial charge in [0, 0.05) is 41.3 Å². The number of nitrogens with zero attached hydrogens (tertiary/aromatic N) is 1. The zero-order chi connectivity index (χ0) is 29.9. The number of aliphatic hydroxyl groups excluding tert-OH is 1. The van der Waals surface area contributed by atoms with Gasteiger partial charge in [0.15, 0.2) is 5.54 Å². The number of amides is 1. The van der Waals surface area contributed by atoms with Crippen LogP contribution in [0.1, 0.15) is 36.5 Å². The molecule has 1 aliphatic heterocycles. The zero-order valence-electron chi connectivity index (χ0n) is 24.2. The van der Waals surface area contributed by atoms with Crippen LogP contribution in [0.25, 0.3) is 6.08 Å². The molecule has 7 heteroatoms. The SMILES string of the molecule is C[C@H]1OC(c2ccc(OCCCO)cc2)=N[C@@]1(C/C=C/c1ccccc1)C(=O)NCc1ccccc1Sc1ccccc1. The van der Waals surface area contributed by atoms with Gasteiger partial charge in [0.05, 0.1) is 6.61 Å². The third-order valence-electron chi connectivity index (χ3n) is 7.25. The van der Waals surface area contributed by atoms with Crippen molar-refractivity contribution in [1.29, 1.82) is 0 Å². The van der Waals surface area contributed by atoms with Crippen molar-refractivity contribution in [2.45, 2.75) is 47.7 Å². The lowest BCUT2D eigenvalue weighted by atomic mass is 9.88. The summed E-state index contributed by atoms with van der Waals surface area (Å²) in [6.07, 6.45) is 4.47. The van der Waals surface area contributed by atoms with E-state index < -0.39 is 11.6 Å². The van der Waals surface area contributed by atoms with Gasteiger partial charge in [0.1, 0.15) is 11.9 Å². The van der Waals surface area contributed by atoms with Gasteiger partial charge < -0.3 is 19.9 Å². The van der Waals surface area contributed by atoms with Gasteiger partial charge in [0.2, 0.25) is 5.90 Å². The van der Waals surface area contributed by atoms with E-state index in [1.54, 1.807) is 11.8 Å². The number of nitrogens with one attached hydrogen (secondary N) is 1. The van der Waals surface area contributed by atoms with Crippen LogP contribution in [0.2, 0.25) is 0 Å². The Hall–Kier alpha value is -4.33. The molecule has 0 radical (unpaired) electrons. The Morgan fingerprint density at radius 3 is 2.42 bits per heavy atom. The molecule has 0 bridgehead atoms. The van der Waals surface area contributed by atoms with Crippen LogP contribution in [0.4, 0.5) is 0 Å². The minimum Gasteiger partial charge on any atom is -0.494 e. The van der Waals surface area contributed by atoms with Crippen LogP contribution in [-0.4, -0.2) is 41.8 Å². The highest BCUT2D eigenvalue weighted by Gasteiger charge is 2.49. The van der Waals surface area contributed by atoms with Gasteiger partial charge in [0.25, 0.3) is 5.91 Å². The standard InChI is InChI=1S/C36H36N2O4S/c1-27-36(23-10-14-28-12-4-2-5-13-28,38-34(42-27)29-19-21-31(22-20-29)41-25-11-24-39)35(40)37-26-30-15-8-9-18-33(30)43-32-16-6-3-7-17-32/h2-10,12-22,27,39H,11,23-26H2,1H3,(H,37,40)/b14-10+/t27-,36-/m1/s1. The van der Waals surface area contributed by atoms with E-state index in [4.69, 9.17) is 19.6 Å². The minimum atomic E-state index is -1.14. The van der Waals surface area contributed by atoms with Crippen LogP contribution in [0.5, 0.6) is 5.75 Å². The number of aliphatic imine (C=N–C) groups is 1. The molecule has 0 unspecified atom stereocenters. The Morgan fingerprint density at radius 2 is 1.67 bits per heavy atom. The number of ether oxygens (including phenoxy) is 2. The molecular formula is C36H36N2O4S. The molecule has 0 saturated heterocycles. The summed E-state index contributed by atoms with van der Waals surface area (Å²) in [4.78, 5) is 21.3. The van der Waals surface area contributed by atoms with Crippen molar-refractivity contribution in [3.05, 3.63) is 132 Å². The third-order valence-corrected chi connectivity index (χ3v) is 8.38. The van der Waals surface area contributed by atoms with Gasteiger partial charge >= 0.3 is 0 Å². The molecule has 4 aromatic rings. The lowest BCUT2D eigenvalue weighted by Gasteiger charge is -2.27. The van der Waals surface area contributed by atoms with E-state index in [9.17, 15) is 4.79 Å². The Bertz CT molecular complexity index is 1540. The highest BCUT2D eigenvalue weighted by Crippen LogP contribution is 2.34. The fraction of sp³-hybridized carbons (Fsp3) is 0.222. The van der Waals surface area contributed by atoms with Crippen molar-refractivity contribution in [3.8, 4) is 5.75 Å². The number of rotatable bonds is 13. The van der Waals surface area contributed by atoms with E-state index in [0.29, 0.717) is 37.6 Å². The van der Waals surface area contributed by atoms with E-state index in [1.165, 1.54) is 0 Å². The van der Waals surface area contributed by atoms with Crippen LogP contribution in [0.3, 0.4) is 0 Å². The first kappa shape index (κ1) is 30.1. The monoisotopic (exact) mass is 592 g/mol. The fourth-order valence-electron chi connectivity index (χ4n) is 4.82. The molecule has 4 aromatic carbocycles. The number of carbonyl (C=O) groups excluding carboxylic acids is 1. The molecule has 0 aromatic heterocycles. The topological polar surface area (TPSA) is 80.2 Å². The highest BCUT2D eigenvalue weighted by molar-refractivity contribution is 7.99. The van der Waals surface area contributed by atoms with Crippen molar-refractivity contribution in [2.24, 2.45) is 4.99 Å². The lowest BCUT2D eigenvalue weighted by Crippen LogP contribution is -2.50. The Kier molecular flexibility index (Phi) is 10.3. The van der Waals surface area contributed by atoms with Gasteiger partial charge in [-0.1, -0.05) is 90.6 Å². The Morgan fingerprint density at radius 1 is 0.977 bits per heavy atom. The van der Waals surface area contributed by atoms with E-state index in [2.05, 4.69) is 23.5 Å². The summed E-state index contributed by atoms with van der Waals surface area (Å²) in [5.41, 5.74) is 1.72. The predicted molar refractivity (Wildman–Crippen MR) is 172 cm³/mol. The Labute approximate surface area is 257 Å². The summed E-state index contributed by atoms with van der Waals surface area (Å²) >= 11 is 1.68. The van der Waals surface area contributed by atoms with Crippen molar-refractivity contribution < 1.29 is 19.4 Å². The maximum Gasteiger partial charge on any atom is 0.252 e. The first-order valence-corrected chi connectivity index (χ1v) is 15.3. The largest absolute Gasteiger partial charge is 0.494 e. The second-order valence-corrected chi connectivity index (χ2v) is 11.4. The third kappa shape index (κ3) is 7.74. The van der Waals surface area contributed by atoms with Crippen molar-refractivity contribution >= 4 is 29.6 Å². The second kappa shape index (κ2) is 14.7. The average molecular weight is 593 g/mol. The number of carbonyl (C=O) groups is 1. The molecule has 43 heavy (non-hydrogen) atoms. The minimum absolute atomic E-state index is 0.0843. The zero-order valence-corrected chi connectivity index (χ0v) is 25.0. The smallest absolute Gasteiger partial charge is 0.252 e. The van der Waals surface area contributed by atoms with Crippen molar-refractivity contribution in [2.75, 3.05) is 13.2 Å². The van der Waals surface area contributed by atoms with Crippen LogP contribution < -0.4 is 10.1 Å². The fourth-order valence-corrected chi connectivity index (χ4v) is 5.78. The summed E-state index contributed by atoms with van der Waals surface area (Å²) in [6, 6.07) is 35.8. The molecule has 1 amide bonds. The lowest BCUT2D eigenvalue weighted by molar-refractivity contribution is -0.128. The van der Waals surface area contributed by atoms with Crippen molar-refractivity contribution in [1.82, 2.24) is 5.32 Å². The first-order valence-electron chi connectivity index (χ1n) is 14.5. The first-order chi connectivity index (χ1) is 21.1. The summed E-state index contributed by atoms with van der Waals surface area (Å²) < 4.78 is 11.9. The molecule has 0 aliphatic carbocycles. The molecule has 5 rings (SSSR count). The van der Waals surface area contributed by atoms with Crippen molar-refractivity contribution in [3.63, 3.8) is 0 Å². The van der Waals surface area contributed by atoms with Gasteiger partial charge in [-0.25, -0.2) is 4.99 Å². The van der Waals surface area contributed by atoms with Crippen LogP contribution in [0, 0.1) is 0 Å². The normalized spacial score (nSPS) is 17.8. The molecular weight excluding hydrogens is 556 g/mol. The number of benzene rings is 4. The maximum atomic E-state index is 14.1. The molecule has 0 saturated carbocycles. The van der Waals surface area contributed by atoms with Crippen LogP contribution in [-0.2, 0) is 16.1 Å². The second-order valence-electron chi connectivity index (χ2n) is 10.3. The number of hydrogen-bond acceptors (Lipinski definition) is 6. The number of aliphatic hydroxyl groups is 1. The molecule has 0 spiro atoms. The van der Waals surface area contributed by atoms with Gasteiger partial charge in [-0.3, -0.25) is 4.79 Å². The molecule has 6 nitrogen and oxygen atoms in total. The molecule has 1 heterocycles. The molecule has 2 atom stereocenters. The summed E-state index contributed by atoms with van der Waals surface area (Å²) in [5, 5.41) is 12.2. The number of hydrogen-bond donors (Lipinski definition) is 2. The van der Waals surface area contributed by atoms with E-state index in [-0.39, 0.29) is 12.5 Å². The Balaban J connectivity index is 1.37. The molecule has 0 fully saturated rings.